The van der Waals surface area contributed by atoms with Crippen molar-refractivity contribution in [3.05, 3.63) is 35.9 Å². The molecule has 1 aromatic carbocycles. The van der Waals surface area contributed by atoms with Crippen molar-refractivity contribution < 1.29 is 9.53 Å². The van der Waals surface area contributed by atoms with Crippen LogP contribution >= 0.6 is 11.8 Å². The fourth-order valence-electron chi connectivity index (χ4n) is 3.89. The summed E-state index contributed by atoms with van der Waals surface area (Å²) in [7, 11) is 0. The Labute approximate surface area is 149 Å². The third kappa shape index (κ3) is 4.74. The van der Waals surface area contributed by atoms with Gasteiger partial charge in [-0.05, 0) is 30.6 Å². The van der Waals surface area contributed by atoms with Gasteiger partial charge >= 0.3 is 0 Å². The molecule has 0 saturated carbocycles. The monoisotopic (exact) mass is 348 g/mol. The van der Waals surface area contributed by atoms with Crippen LogP contribution in [0, 0.1) is 5.92 Å². The minimum Gasteiger partial charge on any atom is -0.381 e. The Morgan fingerprint density at radius 3 is 2.71 bits per heavy atom. The normalized spacial score (nSPS) is 25.7. The minimum absolute atomic E-state index is 0.154. The lowest BCUT2D eigenvalue weighted by atomic mass is 9.94. The van der Waals surface area contributed by atoms with Crippen LogP contribution in [0.4, 0.5) is 0 Å². The van der Waals surface area contributed by atoms with Crippen molar-refractivity contribution in [1.29, 1.82) is 0 Å². The lowest BCUT2D eigenvalue weighted by Gasteiger charge is -2.27. The summed E-state index contributed by atoms with van der Waals surface area (Å²) >= 11 is 1.58. The number of likely N-dealkylation sites (tertiary alicyclic amines) is 1. The zero-order valence-corrected chi connectivity index (χ0v) is 15.3. The highest BCUT2D eigenvalue weighted by atomic mass is 32.2. The first-order valence-electron chi connectivity index (χ1n) is 8.89. The molecule has 2 saturated heterocycles. The molecule has 4 nitrogen and oxygen atoms in total. The Balaban J connectivity index is 1.65. The Morgan fingerprint density at radius 1 is 1.25 bits per heavy atom. The zero-order chi connectivity index (χ0) is 16.8. The van der Waals surface area contributed by atoms with E-state index < -0.39 is 0 Å². The molecule has 0 aliphatic carbocycles. The Kier molecular flexibility index (Phi) is 6.58. The summed E-state index contributed by atoms with van der Waals surface area (Å²) in [6.45, 7) is 4.91. The van der Waals surface area contributed by atoms with Crippen LogP contribution in [0.2, 0.25) is 0 Å². The highest BCUT2D eigenvalue weighted by Gasteiger charge is 2.35. The maximum absolute atomic E-state index is 12.1. The van der Waals surface area contributed by atoms with Gasteiger partial charge in [0.1, 0.15) is 0 Å². The Bertz CT molecular complexity index is 519. The molecule has 132 valence electrons. The van der Waals surface area contributed by atoms with E-state index >= 15 is 0 Å². The van der Waals surface area contributed by atoms with Gasteiger partial charge in [-0.1, -0.05) is 30.3 Å². The molecule has 1 amide bonds. The van der Waals surface area contributed by atoms with Gasteiger partial charge < -0.3 is 15.0 Å². The van der Waals surface area contributed by atoms with Crippen LogP contribution in [0.25, 0.3) is 0 Å². The predicted molar refractivity (Wildman–Crippen MR) is 99.5 cm³/mol. The second-order valence-electron chi connectivity index (χ2n) is 6.90. The van der Waals surface area contributed by atoms with Gasteiger partial charge in [0.15, 0.2) is 0 Å². The van der Waals surface area contributed by atoms with Crippen LogP contribution in [0.1, 0.15) is 24.3 Å². The number of rotatable bonds is 6. The van der Waals surface area contributed by atoms with E-state index in [0.29, 0.717) is 11.7 Å². The van der Waals surface area contributed by atoms with Crippen LogP contribution in [-0.2, 0) is 9.53 Å². The van der Waals surface area contributed by atoms with E-state index in [2.05, 4.69) is 40.5 Å². The van der Waals surface area contributed by atoms with Crippen molar-refractivity contribution in [1.82, 2.24) is 10.2 Å². The van der Waals surface area contributed by atoms with Crippen LogP contribution in [0.15, 0.2) is 30.3 Å². The summed E-state index contributed by atoms with van der Waals surface area (Å²) in [6, 6.07) is 10.8. The number of ether oxygens (including phenoxy) is 1. The predicted octanol–water partition coefficient (Wildman–Crippen LogP) is 2.36. The van der Waals surface area contributed by atoms with Crippen LogP contribution < -0.4 is 5.32 Å². The first-order valence-corrected chi connectivity index (χ1v) is 10.3. The van der Waals surface area contributed by atoms with Gasteiger partial charge in [-0.3, -0.25) is 4.79 Å². The molecule has 0 aromatic heterocycles. The molecule has 2 fully saturated rings. The van der Waals surface area contributed by atoms with Crippen molar-refractivity contribution in [2.45, 2.75) is 24.8 Å². The first-order chi connectivity index (χ1) is 11.8. The van der Waals surface area contributed by atoms with Gasteiger partial charge in [-0.2, -0.15) is 11.8 Å². The average molecular weight is 349 g/mol. The fourth-order valence-corrected chi connectivity index (χ4v) is 4.24. The number of nitrogens with zero attached hydrogens (tertiary/aromatic N) is 1. The maximum atomic E-state index is 12.1. The zero-order valence-electron chi connectivity index (χ0n) is 14.4. The molecule has 1 N–H and O–H groups in total. The van der Waals surface area contributed by atoms with Gasteiger partial charge in [-0.15, -0.1) is 0 Å². The summed E-state index contributed by atoms with van der Waals surface area (Å²) in [5.74, 6) is 1.81. The standard InChI is InChI=1S/C19H28N2O2S/c1-24-14-19(22)20-18-13-21(11-15-7-9-23-10-8-15)12-17(18)16-5-3-2-4-6-16/h2-6,15,17-18H,7-14H2,1H3,(H,20,22)/t17-,18+/m0/s1. The summed E-state index contributed by atoms with van der Waals surface area (Å²) < 4.78 is 5.48. The van der Waals surface area contributed by atoms with E-state index in [4.69, 9.17) is 4.74 Å². The number of amides is 1. The lowest BCUT2D eigenvalue weighted by molar-refractivity contribution is -0.119. The van der Waals surface area contributed by atoms with Gasteiger partial charge in [-0.25, -0.2) is 0 Å². The largest absolute Gasteiger partial charge is 0.381 e. The summed E-state index contributed by atoms with van der Waals surface area (Å²) in [4.78, 5) is 14.6. The third-order valence-corrected chi connectivity index (χ3v) is 5.65. The van der Waals surface area contributed by atoms with Crippen molar-refractivity contribution >= 4 is 17.7 Å². The molecule has 2 aliphatic rings. The molecule has 3 rings (SSSR count). The molecule has 2 atom stereocenters. The average Bonchev–Trinajstić information content (AvgIpc) is 2.99. The lowest BCUT2D eigenvalue weighted by Crippen LogP contribution is -2.41. The number of carbonyl (C=O) groups is 1. The van der Waals surface area contributed by atoms with E-state index in [1.54, 1.807) is 11.8 Å². The van der Waals surface area contributed by atoms with Crippen LogP contribution in [0.3, 0.4) is 0 Å². The van der Waals surface area contributed by atoms with E-state index in [1.807, 2.05) is 6.26 Å². The molecule has 1 aromatic rings. The second-order valence-corrected chi connectivity index (χ2v) is 7.76. The Morgan fingerprint density at radius 2 is 2.00 bits per heavy atom. The number of carbonyl (C=O) groups excluding carboxylic acids is 1. The quantitative estimate of drug-likeness (QED) is 0.857. The van der Waals surface area contributed by atoms with Crippen molar-refractivity contribution in [2.75, 3.05) is 44.9 Å². The second kappa shape index (κ2) is 8.88. The SMILES string of the molecule is CSCC(=O)N[C@@H]1CN(CC2CCOCC2)C[C@H]1c1ccccc1. The topological polar surface area (TPSA) is 41.6 Å². The highest BCUT2D eigenvalue weighted by molar-refractivity contribution is 7.99. The van der Waals surface area contributed by atoms with Crippen LogP contribution in [-0.4, -0.2) is 61.7 Å². The number of thioether (sulfide) groups is 1. The molecular formula is C19H28N2O2S. The van der Waals surface area contributed by atoms with E-state index in [9.17, 15) is 4.79 Å². The van der Waals surface area contributed by atoms with Gasteiger partial charge in [0.2, 0.25) is 5.91 Å². The van der Waals surface area contributed by atoms with Crippen LogP contribution in [0.5, 0.6) is 0 Å². The summed E-state index contributed by atoms with van der Waals surface area (Å²) in [5, 5.41) is 3.27. The van der Waals surface area contributed by atoms with Crippen molar-refractivity contribution in [2.24, 2.45) is 5.92 Å². The first kappa shape index (κ1) is 17.8. The molecule has 2 aliphatic heterocycles. The molecule has 5 heteroatoms. The number of nitrogens with one attached hydrogen (secondary N) is 1. The van der Waals surface area contributed by atoms with E-state index in [1.165, 1.54) is 5.56 Å². The smallest absolute Gasteiger partial charge is 0.230 e. The van der Waals surface area contributed by atoms with Gasteiger partial charge in [0, 0.05) is 44.8 Å². The van der Waals surface area contributed by atoms with Gasteiger partial charge in [0.25, 0.3) is 0 Å². The van der Waals surface area contributed by atoms with Crippen molar-refractivity contribution in [3.63, 3.8) is 0 Å². The van der Waals surface area contributed by atoms with Crippen molar-refractivity contribution in [3.8, 4) is 0 Å². The molecule has 0 spiro atoms. The maximum Gasteiger partial charge on any atom is 0.230 e. The molecule has 2 heterocycles. The third-order valence-electron chi connectivity index (χ3n) is 5.10. The molecule has 24 heavy (non-hydrogen) atoms. The van der Waals surface area contributed by atoms with E-state index in [0.717, 1.165) is 51.6 Å². The fraction of sp³-hybridized carbons (Fsp3) is 0.632. The number of benzene rings is 1. The Hall–Kier alpha value is -1.04. The molecule has 0 unspecified atom stereocenters. The highest BCUT2D eigenvalue weighted by Crippen LogP contribution is 2.29. The summed E-state index contributed by atoms with van der Waals surface area (Å²) in [6.07, 6.45) is 4.30. The van der Waals surface area contributed by atoms with E-state index in [-0.39, 0.29) is 11.9 Å². The molecular weight excluding hydrogens is 320 g/mol. The van der Waals surface area contributed by atoms with Gasteiger partial charge in [0.05, 0.1) is 5.75 Å². The number of hydrogen-bond donors (Lipinski definition) is 1. The minimum atomic E-state index is 0.154. The molecule has 0 bridgehead atoms. The number of hydrogen-bond acceptors (Lipinski definition) is 4. The summed E-state index contributed by atoms with van der Waals surface area (Å²) in [5.41, 5.74) is 1.33. The molecule has 0 radical (unpaired) electrons.